The molecule has 0 heterocycles. The van der Waals surface area contributed by atoms with Crippen molar-refractivity contribution in [2.24, 2.45) is 0 Å². The van der Waals surface area contributed by atoms with Crippen LogP contribution >= 0.6 is 0 Å². The van der Waals surface area contributed by atoms with E-state index in [1.165, 1.54) is 5.39 Å². The number of nitriles is 1. The van der Waals surface area contributed by atoms with Gasteiger partial charge < -0.3 is 10.0 Å². The first-order valence-corrected chi connectivity index (χ1v) is 10.1. The number of fused-ring (bicyclic) bond motifs is 3. The van der Waals surface area contributed by atoms with E-state index in [0.717, 1.165) is 38.4 Å². The highest BCUT2D eigenvalue weighted by Crippen LogP contribution is 2.44. The van der Waals surface area contributed by atoms with Crippen LogP contribution in [-0.4, -0.2) is 17.2 Å². The predicted octanol–water partition coefficient (Wildman–Crippen LogP) is 4.88. The van der Waals surface area contributed by atoms with Gasteiger partial charge in [-0.25, -0.2) is 0 Å². The Kier molecular flexibility index (Phi) is 4.76. The summed E-state index contributed by atoms with van der Waals surface area (Å²) < 4.78 is 0. The van der Waals surface area contributed by atoms with E-state index >= 15 is 0 Å². The zero-order chi connectivity index (χ0) is 21.4. The van der Waals surface area contributed by atoms with Gasteiger partial charge in [0.2, 0.25) is 0 Å². The molecule has 0 aliphatic rings. The average Bonchev–Trinajstić information content (AvgIpc) is 2.83. The Morgan fingerprint density at radius 2 is 0.968 bits per heavy atom. The standard InChI is InChI=1S/C27H18BNO2/c29-17-18-9-11-19(12-10-18)26-24-7-3-1-5-22(24)23-6-2-4-8-25(23)27(26)20-13-15-21(16-14-20)28(30)31/h1-16,30-31H. The Bertz CT molecular complexity index is 1450. The molecule has 2 N–H and O–H groups in total. The van der Waals surface area contributed by atoms with Crippen LogP contribution in [0, 0.1) is 11.3 Å². The van der Waals surface area contributed by atoms with Gasteiger partial charge >= 0.3 is 7.12 Å². The first-order valence-electron chi connectivity index (χ1n) is 10.1. The van der Waals surface area contributed by atoms with E-state index in [4.69, 9.17) is 0 Å². The third-order valence-corrected chi connectivity index (χ3v) is 5.73. The Morgan fingerprint density at radius 3 is 1.39 bits per heavy atom. The molecule has 31 heavy (non-hydrogen) atoms. The van der Waals surface area contributed by atoms with Crippen LogP contribution in [0.15, 0.2) is 97.1 Å². The van der Waals surface area contributed by atoms with Crippen molar-refractivity contribution in [2.45, 2.75) is 0 Å². The second-order valence-corrected chi connectivity index (χ2v) is 7.53. The lowest BCUT2D eigenvalue weighted by molar-refractivity contribution is 0.426. The summed E-state index contributed by atoms with van der Waals surface area (Å²) in [7, 11) is -1.50. The number of nitrogens with zero attached hydrogens (tertiary/aromatic N) is 1. The van der Waals surface area contributed by atoms with Gasteiger partial charge in [0, 0.05) is 0 Å². The third kappa shape index (κ3) is 3.27. The molecule has 0 spiro atoms. The SMILES string of the molecule is N#Cc1ccc(-c2c(-c3ccc(B(O)O)cc3)c3ccccc3c3ccccc23)cc1. The molecule has 0 aliphatic carbocycles. The number of benzene rings is 5. The molecule has 0 radical (unpaired) electrons. The van der Waals surface area contributed by atoms with Crippen molar-refractivity contribution in [1.82, 2.24) is 0 Å². The fourth-order valence-corrected chi connectivity index (χ4v) is 4.27. The maximum absolute atomic E-state index is 9.51. The predicted molar refractivity (Wildman–Crippen MR) is 127 cm³/mol. The molecule has 0 bridgehead atoms. The normalized spacial score (nSPS) is 10.9. The van der Waals surface area contributed by atoms with Gasteiger partial charge in [0.05, 0.1) is 11.6 Å². The maximum atomic E-state index is 9.51. The van der Waals surface area contributed by atoms with Crippen molar-refractivity contribution in [3.05, 3.63) is 103 Å². The van der Waals surface area contributed by atoms with E-state index in [0.29, 0.717) is 11.0 Å². The Hall–Kier alpha value is -3.91. The molecule has 3 nitrogen and oxygen atoms in total. The molecule has 0 unspecified atom stereocenters. The minimum atomic E-state index is -1.50. The van der Waals surface area contributed by atoms with E-state index in [1.807, 2.05) is 54.6 Å². The molecule has 4 heteroatoms. The average molecular weight is 399 g/mol. The molecule has 5 rings (SSSR count). The van der Waals surface area contributed by atoms with Gasteiger partial charge in [-0.3, -0.25) is 0 Å². The molecule has 5 aromatic carbocycles. The van der Waals surface area contributed by atoms with Gasteiger partial charge in [0.25, 0.3) is 0 Å². The van der Waals surface area contributed by atoms with Crippen LogP contribution in [0.2, 0.25) is 0 Å². The van der Waals surface area contributed by atoms with Gasteiger partial charge in [-0.05, 0) is 61.4 Å². The lowest BCUT2D eigenvalue weighted by Crippen LogP contribution is -2.29. The van der Waals surface area contributed by atoms with E-state index in [-0.39, 0.29) is 0 Å². The quantitative estimate of drug-likeness (QED) is 0.336. The second-order valence-electron chi connectivity index (χ2n) is 7.53. The number of hydrogen-bond donors (Lipinski definition) is 2. The van der Waals surface area contributed by atoms with Gasteiger partial charge in [-0.1, -0.05) is 84.9 Å². The zero-order valence-corrected chi connectivity index (χ0v) is 16.7. The van der Waals surface area contributed by atoms with E-state index < -0.39 is 7.12 Å². The molecular weight excluding hydrogens is 381 g/mol. The lowest BCUT2D eigenvalue weighted by Gasteiger charge is -2.18. The van der Waals surface area contributed by atoms with Crippen molar-refractivity contribution in [3.63, 3.8) is 0 Å². The summed E-state index contributed by atoms with van der Waals surface area (Å²) >= 11 is 0. The van der Waals surface area contributed by atoms with Crippen LogP contribution in [0.4, 0.5) is 0 Å². The van der Waals surface area contributed by atoms with Crippen molar-refractivity contribution >= 4 is 34.1 Å². The Labute approximate surface area is 180 Å². The molecule has 5 aromatic rings. The van der Waals surface area contributed by atoms with Gasteiger partial charge in [-0.2, -0.15) is 5.26 Å². The maximum Gasteiger partial charge on any atom is 0.488 e. The minimum Gasteiger partial charge on any atom is -0.423 e. The number of hydrogen-bond acceptors (Lipinski definition) is 3. The first kappa shape index (κ1) is 19.1. The van der Waals surface area contributed by atoms with Gasteiger partial charge in [0.15, 0.2) is 0 Å². The topological polar surface area (TPSA) is 64.2 Å². The van der Waals surface area contributed by atoms with E-state index in [1.54, 1.807) is 12.1 Å². The molecule has 0 saturated heterocycles. The Morgan fingerprint density at radius 1 is 0.548 bits per heavy atom. The second kappa shape index (κ2) is 7.73. The van der Waals surface area contributed by atoms with E-state index in [2.05, 4.69) is 36.4 Å². The highest BCUT2D eigenvalue weighted by atomic mass is 16.4. The number of rotatable bonds is 3. The summed E-state index contributed by atoms with van der Waals surface area (Å²) in [6.07, 6.45) is 0. The van der Waals surface area contributed by atoms with Crippen molar-refractivity contribution < 1.29 is 10.0 Å². The summed E-state index contributed by atoms with van der Waals surface area (Å²) in [5.74, 6) is 0. The van der Waals surface area contributed by atoms with Crippen molar-refractivity contribution in [3.8, 4) is 28.3 Å². The largest absolute Gasteiger partial charge is 0.488 e. The highest BCUT2D eigenvalue weighted by molar-refractivity contribution is 6.58. The molecule has 146 valence electrons. The highest BCUT2D eigenvalue weighted by Gasteiger charge is 2.18. The van der Waals surface area contributed by atoms with E-state index in [9.17, 15) is 15.3 Å². The summed E-state index contributed by atoms with van der Waals surface area (Å²) in [6.45, 7) is 0. The lowest BCUT2D eigenvalue weighted by atomic mass is 9.79. The molecule has 0 amide bonds. The summed E-state index contributed by atoms with van der Waals surface area (Å²) in [5.41, 5.74) is 5.27. The van der Waals surface area contributed by atoms with Crippen LogP contribution in [0.3, 0.4) is 0 Å². The van der Waals surface area contributed by atoms with Crippen LogP contribution in [0.5, 0.6) is 0 Å². The fourth-order valence-electron chi connectivity index (χ4n) is 4.27. The smallest absolute Gasteiger partial charge is 0.423 e. The van der Waals surface area contributed by atoms with Crippen molar-refractivity contribution in [1.29, 1.82) is 5.26 Å². The summed E-state index contributed by atoms with van der Waals surface area (Å²) in [5, 5.41) is 32.8. The van der Waals surface area contributed by atoms with Crippen LogP contribution in [0.25, 0.3) is 43.8 Å². The molecule has 0 aromatic heterocycles. The van der Waals surface area contributed by atoms with Gasteiger partial charge in [-0.15, -0.1) is 0 Å². The summed E-state index contributed by atoms with van der Waals surface area (Å²) in [6, 6.07) is 33.9. The van der Waals surface area contributed by atoms with Crippen molar-refractivity contribution in [2.75, 3.05) is 0 Å². The molecule has 0 aliphatic heterocycles. The van der Waals surface area contributed by atoms with Gasteiger partial charge in [0.1, 0.15) is 0 Å². The van der Waals surface area contributed by atoms with Crippen LogP contribution in [0.1, 0.15) is 5.56 Å². The molecular formula is C27H18BNO2. The fraction of sp³-hybridized carbons (Fsp3) is 0. The van der Waals surface area contributed by atoms with Crippen LogP contribution in [-0.2, 0) is 0 Å². The molecule has 0 atom stereocenters. The first-order chi connectivity index (χ1) is 15.2. The third-order valence-electron chi connectivity index (χ3n) is 5.73. The molecule has 0 fully saturated rings. The van der Waals surface area contributed by atoms with Crippen LogP contribution < -0.4 is 5.46 Å². The Balaban J connectivity index is 1.92. The summed E-state index contributed by atoms with van der Waals surface area (Å²) in [4.78, 5) is 0. The minimum absolute atomic E-state index is 0.453. The molecule has 0 saturated carbocycles. The monoisotopic (exact) mass is 399 g/mol. The zero-order valence-electron chi connectivity index (χ0n) is 16.7.